The van der Waals surface area contributed by atoms with Crippen LogP contribution < -0.4 is 10.6 Å². The monoisotopic (exact) mass is 336 g/mol. The Morgan fingerprint density at radius 1 is 1.17 bits per heavy atom. The molecule has 24 heavy (non-hydrogen) atoms. The van der Waals surface area contributed by atoms with Gasteiger partial charge in [-0.2, -0.15) is 0 Å². The highest BCUT2D eigenvalue weighted by Crippen LogP contribution is 2.09. The van der Waals surface area contributed by atoms with Crippen LogP contribution in [0, 0.1) is 12.8 Å². The number of benzene rings is 1. The summed E-state index contributed by atoms with van der Waals surface area (Å²) in [5.41, 5.74) is 1.27. The molecule has 7 nitrogen and oxygen atoms in total. The molecule has 2 unspecified atom stereocenters. The molecule has 0 aromatic heterocycles. The van der Waals surface area contributed by atoms with Crippen molar-refractivity contribution in [3.8, 4) is 0 Å². The Bertz CT molecular complexity index is 600. The predicted molar refractivity (Wildman–Crippen MR) is 88.7 cm³/mol. The predicted octanol–water partition coefficient (Wildman–Crippen LogP) is 0.965. The van der Waals surface area contributed by atoms with Crippen molar-refractivity contribution in [1.82, 2.24) is 10.6 Å². The van der Waals surface area contributed by atoms with E-state index in [2.05, 4.69) is 10.6 Å². The zero-order chi connectivity index (χ0) is 18.3. The van der Waals surface area contributed by atoms with Gasteiger partial charge in [0, 0.05) is 12.7 Å². The molecule has 132 valence electrons. The van der Waals surface area contributed by atoms with Crippen molar-refractivity contribution in [2.45, 2.75) is 32.9 Å². The standard InChI is InChI=1S/C17H24N2O5/c1-10(2)14(16(21)18-13(9-24-4)17(22)23)19-15(20)12-8-6-5-7-11(12)3/h5-8,10,13-14H,9H2,1-4H3,(H,18,21)(H,19,20)(H,22,23). The first-order valence-electron chi connectivity index (χ1n) is 7.66. The van der Waals surface area contributed by atoms with Gasteiger partial charge in [0.05, 0.1) is 6.61 Å². The number of carboxylic acid groups (broad SMARTS) is 1. The van der Waals surface area contributed by atoms with E-state index in [1.54, 1.807) is 39.0 Å². The lowest BCUT2D eigenvalue weighted by atomic mass is 10.0. The zero-order valence-electron chi connectivity index (χ0n) is 14.3. The van der Waals surface area contributed by atoms with Crippen LogP contribution in [-0.2, 0) is 14.3 Å². The van der Waals surface area contributed by atoms with E-state index in [0.29, 0.717) is 5.56 Å². The van der Waals surface area contributed by atoms with E-state index in [1.807, 2.05) is 6.07 Å². The molecule has 0 bridgehead atoms. The van der Waals surface area contributed by atoms with Gasteiger partial charge < -0.3 is 20.5 Å². The van der Waals surface area contributed by atoms with Gasteiger partial charge in [-0.05, 0) is 24.5 Å². The number of aryl methyl sites for hydroxylation is 1. The number of carbonyl (C=O) groups is 3. The number of rotatable bonds is 8. The Labute approximate surface area is 141 Å². The molecule has 0 fully saturated rings. The van der Waals surface area contributed by atoms with Crippen molar-refractivity contribution >= 4 is 17.8 Å². The molecule has 0 aliphatic heterocycles. The third kappa shape index (κ3) is 5.34. The molecule has 7 heteroatoms. The Morgan fingerprint density at radius 2 is 1.79 bits per heavy atom. The van der Waals surface area contributed by atoms with E-state index < -0.39 is 24.0 Å². The van der Waals surface area contributed by atoms with Crippen LogP contribution in [-0.4, -0.2) is 48.7 Å². The second kappa shape index (κ2) is 9.02. The maximum absolute atomic E-state index is 12.4. The molecule has 1 rings (SSSR count). The first kappa shape index (κ1) is 19.6. The van der Waals surface area contributed by atoms with Crippen LogP contribution in [0.1, 0.15) is 29.8 Å². The van der Waals surface area contributed by atoms with Crippen LogP contribution in [0.2, 0.25) is 0 Å². The van der Waals surface area contributed by atoms with E-state index in [0.717, 1.165) is 5.56 Å². The van der Waals surface area contributed by atoms with Crippen LogP contribution in [0.25, 0.3) is 0 Å². The van der Waals surface area contributed by atoms with Crippen molar-refractivity contribution in [1.29, 1.82) is 0 Å². The molecule has 0 heterocycles. The third-order valence-corrected chi connectivity index (χ3v) is 3.57. The van der Waals surface area contributed by atoms with Crippen molar-refractivity contribution in [3.63, 3.8) is 0 Å². The van der Waals surface area contributed by atoms with E-state index in [-0.39, 0.29) is 18.4 Å². The van der Waals surface area contributed by atoms with Gasteiger partial charge in [-0.1, -0.05) is 32.0 Å². The van der Waals surface area contributed by atoms with Crippen LogP contribution in [0.3, 0.4) is 0 Å². The summed E-state index contributed by atoms with van der Waals surface area (Å²) in [6.45, 7) is 5.19. The third-order valence-electron chi connectivity index (χ3n) is 3.57. The molecule has 2 atom stereocenters. The number of amides is 2. The molecule has 0 saturated heterocycles. The van der Waals surface area contributed by atoms with Gasteiger partial charge in [-0.25, -0.2) is 4.79 Å². The number of hydrogen-bond acceptors (Lipinski definition) is 4. The number of ether oxygens (including phenoxy) is 1. The van der Waals surface area contributed by atoms with Crippen molar-refractivity contribution in [3.05, 3.63) is 35.4 Å². The van der Waals surface area contributed by atoms with Gasteiger partial charge in [0.2, 0.25) is 5.91 Å². The molecule has 3 N–H and O–H groups in total. The Balaban J connectivity index is 2.86. The molecule has 1 aromatic rings. The van der Waals surface area contributed by atoms with Crippen LogP contribution >= 0.6 is 0 Å². The minimum Gasteiger partial charge on any atom is -0.480 e. The summed E-state index contributed by atoms with van der Waals surface area (Å²) in [4.78, 5) is 35.9. The van der Waals surface area contributed by atoms with Gasteiger partial charge in [-0.3, -0.25) is 9.59 Å². The largest absolute Gasteiger partial charge is 0.480 e. The summed E-state index contributed by atoms with van der Waals surface area (Å²) in [7, 11) is 1.35. The summed E-state index contributed by atoms with van der Waals surface area (Å²) in [5, 5.41) is 14.2. The fraction of sp³-hybridized carbons (Fsp3) is 0.471. The summed E-state index contributed by atoms with van der Waals surface area (Å²) < 4.78 is 4.79. The molecule has 0 aliphatic rings. The lowest BCUT2D eigenvalue weighted by molar-refractivity contribution is -0.143. The Hall–Kier alpha value is -2.41. The lowest BCUT2D eigenvalue weighted by Gasteiger charge is -2.24. The average molecular weight is 336 g/mol. The fourth-order valence-electron chi connectivity index (χ4n) is 2.18. The highest BCUT2D eigenvalue weighted by atomic mass is 16.5. The van der Waals surface area contributed by atoms with E-state index >= 15 is 0 Å². The van der Waals surface area contributed by atoms with Gasteiger partial charge in [0.15, 0.2) is 6.04 Å². The topological polar surface area (TPSA) is 105 Å². The van der Waals surface area contributed by atoms with Gasteiger partial charge >= 0.3 is 5.97 Å². The maximum atomic E-state index is 12.4. The second-order valence-electron chi connectivity index (χ2n) is 5.86. The smallest absolute Gasteiger partial charge is 0.328 e. The number of carbonyl (C=O) groups excluding carboxylic acids is 2. The number of aliphatic carboxylic acids is 1. The van der Waals surface area contributed by atoms with Crippen molar-refractivity contribution in [2.24, 2.45) is 5.92 Å². The molecule has 2 amide bonds. The minimum atomic E-state index is -1.20. The normalized spacial score (nSPS) is 13.2. The van der Waals surface area contributed by atoms with Crippen LogP contribution in [0.5, 0.6) is 0 Å². The van der Waals surface area contributed by atoms with Crippen LogP contribution in [0.15, 0.2) is 24.3 Å². The molecule has 0 radical (unpaired) electrons. The average Bonchev–Trinajstić information content (AvgIpc) is 2.51. The van der Waals surface area contributed by atoms with E-state index in [1.165, 1.54) is 7.11 Å². The summed E-state index contributed by atoms with van der Waals surface area (Å²) in [5.74, 6) is -2.34. The molecular formula is C17H24N2O5. The van der Waals surface area contributed by atoms with Crippen LogP contribution in [0.4, 0.5) is 0 Å². The fourth-order valence-corrected chi connectivity index (χ4v) is 2.18. The molecule has 0 aliphatic carbocycles. The molecule has 0 saturated carbocycles. The summed E-state index contributed by atoms with van der Waals surface area (Å²) >= 11 is 0. The number of carboxylic acids is 1. The SMILES string of the molecule is COCC(NC(=O)C(NC(=O)c1ccccc1C)C(C)C)C(=O)O. The zero-order valence-corrected chi connectivity index (χ0v) is 14.3. The Kier molecular flexibility index (Phi) is 7.38. The second-order valence-corrected chi connectivity index (χ2v) is 5.86. The summed E-state index contributed by atoms with van der Waals surface area (Å²) in [6, 6.07) is 5.02. The molecular weight excluding hydrogens is 312 g/mol. The van der Waals surface area contributed by atoms with E-state index in [9.17, 15) is 14.4 Å². The summed E-state index contributed by atoms with van der Waals surface area (Å²) in [6.07, 6.45) is 0. The highest BCUT2D eigenvalue weighted by Gasteiger charge is 2.29. The Morgan fingerprint density at radius 3 is 2.29 bits per heavy atom. The first-order chi connectivity index (χ1) is 11.3. The molecule has 0 spiro atoms. The maximum Gasteiger partial charge on any atom is 0.328 e. The van der Waals surface area contributed by atoms with Gasteiger partial charge in [0.25, 0.3) is 5.91 Å². The van der Waals surface area contributed by atoms with Crippen molar-refractivity contribution in [2.75, 3.05) is 13.7 Å². The first-order valence-corrected chi connectivity index (χ1v) is 7.66. The minimum absolute atomic E-state index is 0.155. The van der Waals surface area contributed by atoms with Gasteiger partial charge in [-0.15, -0.1) is 0 Å². The number of methoxy groups -OCH3 is 1. The van der Waals surface area contributed by atoms with Crippen molar-refractivity contribution < 1.29 is 24.2 Å². The highest BCUT2D eigenvalue weighted by molar-refractivity contribution is 5.99. The lowest BCUT2D eigenvalue weighted by Crippen LogP contribution is -2.54. The number of hydrogen-bond donors (Lipinski definition) is 3. The number of nitrogens with one attached hydrogen (secondary N) is 2. The van der Waals surface area contributed by atoms with E-state index in [4.69, 9.17) is 9.84 Å². The quantitative estimate of drug-likeness (QED) is 0.656. The molecule has 1 aromatic carbocycles. The van der Waals surface area contributed by atoms with Gasteiger partial charge in [0.1, 0.15) is 6.04 Å².